The normalized spacial score (nSPS) is 10.8. The van der Waals surface area contributed by atoms with Crippen LogP contribution in [0.15, 0.2) is 97.5 Å². The lowest BCUT2D eigenvalue weighted by Gasteiger charge is -2.13. The van der Waals surface area contributed by atoms with Crippen LogP contribution >= 0.6 is 0 Å². The Balaban J connectivity index is 1.50. The molecular formula is C24H19N5O. The number of nitrogens with one attached hydrogen (secondary N) is 1. The summed E-state index contributed by atoms with van der Waals surface area (Å²) in [6, 6.07) is 25.2. The molecule has 0 radical (unpaired) electrons. The molecule has 5 rings (SSSR count). The zero-order valence-corrected chi connectivity index (χ0v) is 16.1. The summed E-state index contributed by atoms with van der Waals surface area (Å²) in [7, 11) is 0. The van der Waals surface area contributed by atoms with Gasteiger partial charge in [0.25, 0.3) is 0 Å². The minimum atomic E-state index is 0.642. The van der Waals surface area contributed by atoms with Gasteiger partial charge in [-0.1, -0.05) is 42.5 Å². The molecule has 6 heteroatoms. The van der Waals surface area contributed by atoms with E-state index in [0.717, 1.165) is 34.0 Å². The fourth-order valence-electron chi connectivity index (χ4n) is 3.28. The van der Waals surface area contributed by atoms with Crippen molar-refractivity contribution in [3.05, 3.63) is 97.5 Å². The monoisotopic (exact) mass is 393 g/mol. The summed E-state index contributed by atoms with van der Waals surface area (Å²) in [5.41, 5.74) is 10.1. The van der Waals surface area contributed by atoms with Gasteiger partial charge in [0.2, 0.25) is 0 Å². The second-order valence-electron chi connectivity index (χ2n) is 6.77. The molecule has 0 spiro atoms. The van der Waals surface area contributed by atoms with Crippen molar-refractivity contribution in [1.82, 2.24) is 14.4 Å². The van der Waals surface area contributed by atoms with Gasteiger partial charge in [0.05, 0.1) is 17.6 Å². The predicted octanol–water partition coefficient (Wildman–Crippen LogP) is 5.51. The van der Waals surface area contributed by atoms with Crippen molar-refractivity contribution in [2.45, 2.75) is 0 Å². The second-order valence-corrected chi connectivity index (χ2v) is 6.77. The van der Waals surface area contributed by atoms with Crippen LogP contribution in [0, 0.1) is 0 Å². The van der Waals surface area contributed by atoms with E-state index >= 15 is 0 Å². The summed E-state index contributed by atoms with van der Waals surface area (Å²) in [4.78, 5) is 9.09. The first-order valence-corrected chi connectivity index (χ1v) is 9.55. The van der Waals surface area contributed by atoms with E-state index in [2.05, 4.69) is 15.3 Å². The van der Waals surface area contributed by atoms with Gasteiger partial charge in [0.15, 0.2) is 17.2 Å². The molecule has 3 N–H and O–H groups in total. The number of hydrogen-bond donors (Lipinski definition) is 2. The number of imidazole rings is 1. The predicted molar refractivity (Wildman–Crippen MR) is 119 cm³/mol. The number of nitrogens with zero attached hydrogens (tertiary/aromatic N) is 3. The molecule has 0 bridgehead atoms. The molecule has 0 aliphatic carbocycles. The van der Waals surface area contributed by atoms with Crippen LogP contribution < -0.4 is 15.8 Å². The molecule has 0 aliphatic rings. The molecule has 0 saturated heterocycles. The fraction of sp³-hybridized carbons (Fsp3) is 0. The van der Waals surface area contributed by atoms with E-state index in [0.29, 0.717) is 11.6 Å². The first-order valence-electron chi connectivity index (χ1n) is 9.55. The fourth-order valence-corrected chi connectivity index (χ4v) is 3.28. The molecule has 146 valence electrons. The van der Waals surface area contributed by atoms with Gasteiger partial charge in [-0.15, -0.1) is 0 Å². The minimum Gasteiger partial charge on any atom is -0.455 e. The van der Waals surface area contributed by atoms with Gasteiger partial charge in [-0.2, -0.15) is 0 Å². The highest BCUT2D eigenvalue weighted by Gasteiger charge is 2.12. The van der Waals surface area contributed by atoms with Crippen LogP contribution in [-0.2, 0) is 0 Å². The van der Waals surface area contributed by atoms with Crippen molar-refractivity contribution in [3.63, 3.8) is 0 Å². The maximum atomic E-state index is 6.05. The Hall–Kier alpha value is -4.32. The van der Waals surface area contributed by atoms with Crippen LogP contribution in [-0.4, -0.2) is 14.4 Å². The SMILES string of the molecule is Nc1ccc(-c2cnc3c(Nc4ccccc4Oc4ccccc4)nccn23)cc1. The molecule has 3 aromatic carbocycles. The zero-order valence-electron chi connectivity index (χ0n) is 16.1. The summed E-state index contributed by atoms with van der Waals surface area (Å²) < 4.78 is 8.05. The number of aromatic nitrogens is 3. The Labute approximate surface area is 173 Å². The number of para-hydroxylation sites is 3. The van der Waals surface area contributed by atoms with Crippen molar-refractivity contribution in [3.8, 4) is 22.8 Å². The van der Waals surface area contributed by atoms with E-state index in [1.165, 1.54) is 0 Å². The molecule has 2 aromatic heterocycles. The summed E-state index contributed by atoms with van der Waals surface area (Å²) >= 11 is 0. The van der Waals surface area contributed by atoms with Crippen molar-refractivity contribution < 1.29 is 4.74 Å². The zero-order chi connectivity index (χ0) is 20.3. The van der Waals surface area contributed by atoms with Crippen molar-refractivity contribution in [2.75, 3.05) is 11.1 Å². The molecule has 0 amide bonds. The average molecular weight is 393 g/mol. The van der Waals surface area contributed by atoms with E-state index in [-0.39, 0.29) is 0 Å². The van der Waals surface area contributed by atoms with Gasteiger partial charge >= 0.3 is 0 Å². The number of nitrogens with two attached hydrogens (primary N) is 1. The highest BCUT2D eigenvalue weighted by molar-refractivity contribution is 5.76. The van der Waals surface area contributed by atoms with E-state index in [1.807, 2.05) is 95.7 Å². The number of benzene rings is 3. The molecule has 0 atom stereocenters. The Morgan fingerprint density at radius 1 is 0.833 bits per heavy atom. The Morgan fingerprint density at radius 3 is 2.43 bits per heavy atom. The van der Waals surface area contributed by atoms with Gasteiger partial charge in [-0.05, 0) is 36.4 Å². The summed E-state index contributed by atoms with van der Waals surface area (Å²) in [6.07, 6.45) is 5.48. The maximum Gasteiger partial charge on any atom is 0.180 e. The van der Waals surface area contributed by atoms with Crippen molar-refractivity contribution >= 4 is 22.8 Å². The second kappa shape index (κ2) is 7.60. The van der Waals surface area contributed by atoms with E-state index in [4.69, 9.17) is 10.5 Å². The first kappa shape index (κ1) is 17.8. The van der Waals surface area contributed by atoms with E-state index in [9.17, 15) is 0 Å². The van der Waals surface area contributed by atoms with Crippen LogP contribution in [0.3, 0.4) is 0 Å². The van der Waals surface area contributed by atoms with Crippen molar-refractivity contribution in [2.24, 2.45) is 0 Å². The standard InChI is InChI=1S/C24H19N5O/c25-18-12-10-17(11-13-18)21-16-27-24-23(26-14-15-29(21)24)28-20-8-4-5-9-22(20)30-19-6-2-1-3-7-19/h1-16H,25H2,(H,26,28). The third kappa shape index (κ3) is 3.42. The van der Waals surface area contributed by atoms with Crippen LogP contribution in [0.25, 0.3) is 16.9 Å². The topological polar surface area (TPSA) is 77.5 Å². The number of fused-ring (bicyclic) bond motifs is 1. The molecule has 30 heavy (non-hydrogen) atoms. The molecular weight excluding hydrogens is 374 g/mol. The lowest BCUT2D eigenvalue weighted by Crippen LogP contribution is -2.00. The van der Waals surface area contributed by atoms with E-state index < -0.39 is 0 Å². The number of ether oxygens (including phenoxy) is 1. The Kier molecular flexibility index (Phi) is 4.50. The molecule has 5 aromatic rings. The quantitative estimate of drug-likeness (QED) is 0.385. The molecule has 0 unspecified atom stereocenters. The molecule has 0 saturated carbocycles. The molecule has 0 fully saturated rings. The molecule has 2 heterocycles. The number of hydrogen-bond acceptors (Lipinski definition) is 5. The van der Waals surface area contributed by atoms with Crippen LogP contribution in [0.5, 0.6) is 11.5 Å². The Morgan fingerprint density at radius 2 is 1.60 bits per heavy atom. The van der Waals surface area contributed by atoms with Gasteiger partial charge in [-0.3, -0.25) is 4.40 Å². The average Bonchev–Trinajstić information content (AvgIpc) is 3.22. The lowest BCUT2D eigenvalue weighted by molar-refractivity contribution is 0.485. The number of nitrogen functional groups attached to an aromatic ring is 1. The van der Waals surface area contributed by atoms with Crippen LogP contribution in [0.2, 0.25) is 0 Å². The summed E-state index contributed by atoms with van der Waals surface area (Å²) in [5, 5.41) is 3.37. The van der Waals surface area contributed by atoms with Crippen molar-refractivity contribution in [1.29, 1.82) is 0 Å². The number of anilines is 3. The maximum absolute atomic E-state index is 6.05. The third-order valence-electron chi connectivity index (χ3n) is 4.75. The van der Waals surface area contributed by atoms with Gasteiger partial charge in [-0.25, -0.2) is 9.97 Å². The smallest absolute Gasteiger partial charge is 0.180 e. The Bertz CT molecular complexity index is 1300. The van der Waals surface area contributed by atoms with Crippen LogP contribution in [0.1, 0.15) is 0 Å². The number of rotatable bonds is 5. The lowest BCUT2D eigenvalue weighted by atomic mass is 10.1. The van der Waals surface area contributed by atoms with Gasteiger partial charge in [0, 0.05) is 23.6 Å². The molecule has 6 nitrogen and oxygen atoms in total. The van der Waals surface area contributed by atoms with E-state index in [1.54, 1.807) is 6.20 Å². The van der Waals surface area contributed by atoms with Gasteiger partial charge < -0.3 is 15.8 Å². The highest BCUT2D eigenvalue weighted by Crippen LogP contribution is 2.32. The minimum absolute atomic E-state index is 0.642. The van der Waals surface area contributed by atoms with Gasteiger partial charge in [0.1, 0.15) is 5.75 Å². The largest absolute Gasteiger partial charge is 0.455 e. The summed E-state index contributed by atoms with van der Waals surface area (Å²) in [5.74, 6) is 2.12. The molecule has 0 aliphatic heterocycles. The first-order chi connectivity index (χ1) is 14.8. The summed E-state index contributed by atoms with van der Waals surface area (Å²) in [6.45, 7) is 0. The van der Waals surface area contributed by atoms with Crippen LogP contribution in [0.4, 0.5) is 17.2 Å². The third-order valence-corrected chi connectivity index (χ3v) is 4.75. The highest BCUT2D eigenvalue weighted by atomic mass is 16.5.